The van der Waals surface area contributed by atoms with Crippen molar-refractivity contribution in [3.8, 4) is 0 Å². The molecular weight excluding hydrogens is 320 g/mol. The van der Waals surface area contributed by atoms with E-state index in [2.05, 4.69) is 11.3 Å². The molecule has 3 rings (SSSR count). The minimum Gasteiger partial charge on any atom is -0.460 e. The van der Waals surface area contributed by atoms with Gasteiger partial charge in [0.05, 0.1) is 6.61 Å². The normalized spacial score (nSPS) is 16.0. The summed E-state index contributed by atoms with van der Waals surface area (Å²) < 4.78 is 9.42. The van der Waals surface area contributed by atoms with Crippen LogP contribution in [0.15, 0.2) is 73.3 Å². The van der Waals surface area contributed by atoms with Crippen molar-refractivity contribution >= 4 is 11.8 Å². The van der Waals surface area contributed by atoms with Crippen molar-refractivity contribution in [3.63, 3.8) is 0 Å². The second-order valence-corrected chi connectivity index (χ2v) is 5.33. The first-order chi connectivity index (χ1) is 12.1. The molecule has 0 saturated carbocycles. The number of ketones is 1. The van der Waals surface area contributed by atoms with Gasteiger partial charge in [-0.3, -0.25) is 4.79 Å². The Hall–Kier alpha value is -2.76. The SMILES string of the molecule is C=CC(=O)OCC1CO1.O=C(c1ccccc1)C(O)c1ccccc1. The lowest BCUT2D eigenvalue weighted by Crippen LogP contribution is -2.11. The van der Waals surface area contributed by atoms with Crippen molar-refractivity contribution in [2.45, 2.75) is 12.2 Å². The number of benzene rings is 2. The molecule has 2 aromatic carbocycles. The van der Waals surface area contributed by atoms with Crippen molar-refractivity contribution in [1.29, 1.82) is 0 Å². The molecule has 1 aliphatic rings. The number of aliphatic hydroxyl groups excluding tert-OH is 1. The smallest absolute Gasteiger partial charge is 0.330 e. The molecule has 0 bridgehead atoms. The fourth-order valence-electron chi connectivity index (χ4n) is 1.95. The topological polar surface area (TPSA) is 76.1 Å². The number of esters is 1. The molecule has 0 radical (unpaired) electrons. The van der Waals surface area contributed by atoms with Crippen LogP contribution < -0.4 is 0 Å². The summed E-state index contributed by atoms with van der Waals surface area (Å²) in [6, 6.07) is 17.7. The lowest BCUT2D eigenvalue weighted by Gasteiger charge is -2.09. The van der Waals surface area contributed by atoms with Gasteiger partial charge in [0.1, 0.15) is 18.8 Å². The van der Waals surface area contributed by atoms with Crippen LogP contribution in [0.5, 0.6) is 0 Å². The molecule has 0 aliphatic carbocycles. The van der Waals surface area contributed by atoms with Crippen LogP contribution in [0.25, 0.3) is 0 Å². The number of rotatable bonds is 6. The van der Waals surface area contributed by atoms with Gasteiger partial charge in [-0.15, -0.1) is 0 Å². The Balaban J connectivity index is 0.000000212. The number of ether oxygens (including phenoxy) is 2. The van der Waals surface area contributed by atoms with Crippen LogP contribution in [-0.4, -0.2) is 36.2 Å². The zero-order valence-electron chi connectivity index (χ0n) is 13.7. The predicted octanol–water partition coefficient (Wildman–Crippen LogP) is 2.72. The molecular formula is C20H20O5. The highest BCUT2D eigenvalue weighted by atomic mass is 16.6. The third-order valence-electron chi connectivity index (χ3n) is 3.40. The maximum absolute atomic E-state index is 11.9. The van der Waals surface area contributed by atoms with Crippen LogP contribution in [0.1, 0.15) is 22.0 Å². The summed E-state index contributed by atoms with van der Waals surface area (Å²) in [6.45, 7) is 4.32. The molecule has 1 N–H and O–H groups in total. The number of epoxide rings is 1. The highest BCUT2D eigenvalue weighted by molar-refractivity contribution is 5.99. The first-order valence-corrected chi connectivity index (χ1v) is 7.85. The second-order valence-electron chi connectivity index (χ2n) is 5.33. The minimum absolute atomic E-state index is 0.147. The van der Waals surface area contributed by atoms with Crippen LogP contribution in [0.3, 0.4) is 0 Å². The highest BCUT2D eigenvalue weighted by Crippen LogP contribution is 2.17. The van der Waals surface area contributed by atoms with Gasteiger partial charge < -0.3 is 14.6 Å². The van der Waals surface area contributed by atoms with Crippen molar-refractivity contribution < 1.29 is 24.2 Å². The highest BCUT2D eigenvalue weighted by Gasteiger charge is 2.23. The first-order valence-electron chi connectivity index (χ1n) is 7.85. The molecule has 1 heterocycles. The molecule has 0 spiro atoms. The molecule has 2 atom stereocenters. The van der Waals surface area contributed by atoms with Crippen LogP contribution in [0.4, 0.5) is 0 Å². The molecule has 0 aromatic heterocycles. The Labute approximate surface area is 146 Å². The number of hydrogen-bond donors (Lipinski definition) is 1. The maximum Gasteiger partial charge on any atom is 0.330 e. The van der Waals surface area contributed by atoms with Crippen molar-refractivity contribution in [3.05, 3.63) is 84.4 Å². The molecule has 130 valence electrons. The summed E-state index contributed by atoms with van der Waals surface area (Å²) in [5.41, 5.74) is 1.15. The number of aliphatic hydroxyl groups is 1. The summed E-state index contributed by atoms with van der Waals surface area (Å²) in [6.07, 6.45) is 0.208. The number of Topliss-reactive ketones (excluding diaryl/α,β-unsaturated/α-hetero) is 1. The van der Waals surface area contributed by atoms with E-state index in [-0.39, 0.29) is 17.9 Å². The summed E-state index contributed by atoms with van der Waals surface area (Å²) in [5, 5.41) is 9.89. The molecule has 5 nitrogen and oxygen atoms in total. The largest absolute Gasteiger partial charge is 0.460 e. The maximum atomic E-state index is 11.9. The van der Waals surface area contributed by atoms with E-state index in [0.717, 1.165) is 6.08 Å². The Morgan fingerprint density at radius 2 is 1.72 bits per heavy atom. The van der Waals surface area contributed by atoms with E-state index in [1.54, 1.807) is 48.5 Å². The molecule has 5 heteroatoms. The van der Waals surface area contributed by atoms with Gasteiger partial charge in [-0.05, 0) is 5.56 Å². The van der Waals surface area contributed by atoms with Gasteiger partial charge in [0.15, 0.2) is 5.78 Å². The Morgan fingerprint density at radius 3 is 2.24 bits per heavy atom. The fourth-order valence-corrected chi connectivity index (χ4v) is 1.95. The van der Waals surface area contributed by atoms with E-state index in [0.29, 0.717) is 24.3 Å². The average Bonchev–Trinajstić information content (AvgIpc) is 3.51. The standard InChI is InChI=1S/C14H12O2.C6H8O3/c15-13(11-7-3-1-4-8-11)14(16)12-9-5-2-6-10-12;1-2-6(7)9-4-5-3-8-5/h1-10,13,15H;2,5H,1,3-4H2. The van der Waals surface area contributed by atoms with Gasteiger partial charge in [0.25, 0.3) is 0 Å². The predicted molar refractivity (Wildman–Crippen MR) is 93.1 cm³/mol. The molecule has 2 aromatic rings. The Bertz CT molecular complexity index is 693. The lowest BCUT2D eigenvalue weighted by molar-refractivity contribution is -0.138. The summed E-state index contributed by atoms with van der Waals surface area (Å²) >= 11 is 0. The Kier molecular flexibility index (Phi) is 7.07. The Morgan fingerprint density at radius 1 is 1.16 bits per heavy atom. The van der Waals surface area contributed by atoms with Gasteiger partial charge in [-0.1, -0.05) is 67.2 Å². The quantitative estimate of drug-likeness (QED) is 0.379. The van der Waals surface area contributed by atoms with Crippen LogP contribution in [-0.2, 0) is 14.3 Å². The summed E-state index contributed by atoms with van der Waals surface area (Å²) in [7, 11) is 0. The van der Waals surface area contributed by atoms with Crippen molar-refractivity contribution in [1.82, 2.24) is 0 Å². The summed E-state index contributed by atoms with van der Waals surface area (Å²) in [4.78, 5) is 22.2. The first kappa shape index (κ1) is 18.6. The third kappa shape index (κ3) is 6.33. The third-order valence-corrected chi connectivity index (χ3v) is 3.40. The van der Waals surface area contributed by atoms with Crippen molar-refractivity contribution in [2.24, 2.45) is 0 Å². The molecule has 2 unspecified atom stereocenters. The average molecular weight is 340 g/mol. The van der Waals surface area contributed by atoms with E-state index in [1.165, 1.54) is 0 Å². The van der Waals surface area contributed by atoms with Gasteiger partial charge >= 0.3 is 5.97 Å². The van der Waals surface area contributed by atoms with Crippen LogP contribution >= 0.6 is 0 Å². The zero-order chi connectivity index (χ0) is 18.1. The fraction of sp³-hybridized carbons (Fsp3) is 0.200. The van der Waals surface area contributed by atoms with Gasteiger partial charge in [-0.25, -0.2) is 4.79 Å². The van der Waals surface area contributed by atoms with E-state index in [1.807, 2.05) is 12.1 Å². The van der Waals surface area contributed by atoms with E-state index < -0.39 is 6.10 Å². The zero-order valence-corrected chi connectivity index (χ0v) is 13.7. The van der Waals surface area contributed by atoms with Gasteiger partial charge in [0.2, 0.25) is 0 Å². The monoisotopic (exact) mass is 340 g/mol. The number of carbonyl (C=O) groups excluding carboxylic acids is 2. The molecule has 1 fully saturated rings. The van der Waals surface area contributed by atoms with Gasteiger partial charge in [-0.2, -0.15) is 0 Å². The lowest BCUT2D eigenvalue weighted by atomic mass is 10.0. The summed E-state index contributed by atoms with van der Waals surface area (Å²) in [5.74, 6) is -0.655. The molecule has 1 saturated heterocycles. The van der Waals surface area contributed by atoms with Crippen molar-refractivity contribution in [2.75, 3.05) is 13.2 Å². The van der Waals surface area contributed by atoms with E-state index >= 15 is 0 Å². The van der Waals surface area contributed by atoms with Gasteiger partial charge in [0, 0.05) is 11.6 Å². The van der Waals surface area contributed by atoms with E-state index in [4.69, 9.17) is 4.74 Å². The van der Waals surface area contributed by atoms with Crippen LogP contribution in [0, 0.1) is 0 Å². The molecule has 25 heavy (non-hydrogen) atoms. The minimum atomic E-state index is -1.08. The number of hydrogen-bond acceptors (Lipinski definition) is 5. The molecule has 0 amide bonds. The van der Waals surface area contributed by atoms with E-state index in [9.17, 15) is 14.7 Å². The second kappa shape index (κ2) is 9.52. The van der Waals surface area contributed by atoms with Crippen LogP contribution in [0.2, 0.25) is 0 Å². The number of carbonyl (C=O) groups is 2. The molecule has 1 aliphatic heterocycles.